The number of ether oxygens (including phenoxy) is 2. The molecule has 0 aromatic heterocycles. The molecule has 3 amide bonds. The number of nitrogens with two attached hydrogens (primary N) is 1. The molecule has 0 saturated carbocycles. The van der Waals surface area contributed by atoms with Gasteiger partial charge in [0, 0.05) is 24.1 Å². The molecular weight excluding hydrogens is 552 g/mol. The second-order valence-corrected chi connectivity index (χ2v) is 11.1. The third-order valence-electron chi connectivity index (χ3n) is 6.38. The Kier molecular flexibility index (Phi) is 11.0. The van der Waals surface area contributed by atoms with Crippen molar-refractivity contribution in [1.82, 2.24) is 10.2 Å². The smallest absolute Gasteiger partial charge is 0.325 e. The van der Waals surface area contributed by atoms with E-state index in [1.807, 2.05) is 30.3 Å². The summed E-state index contributed by atoms with van der Waals surface area (Å²) in [4.78, 5) is 66.8. The first-order chi connectivity index (χ1) is 20.3. The van der Waals surface area contributed by atoms with Crippen LogP contribution in [0.2, 0.25) is 0 Å². The van der Waals surface area contributed by atoms with E-state index in [-0.39, 0.29) is 44.1 Å². The standard InChI is InChI=1S/C32H38N4O7/c1-6-42-29(39)16-21(2)35-20-28(38)36(19-23-10-8-7-9-11-23)26-14-12-22(17-24(26)30(35)40)13-15-27(37)34-18-25(33)31(41)43-32(3,4)5/h7-12,14,17,21,25H,6,16,18-20,33H2,1-5H3,(H,34,37). The van der Waals surface area contributed by atoms with Crippen molar-refractivity contribution in [2.24, 2.45) is 5.73 Å². The number of carbonyl (C=O) groups excluding carboxylic acids is 5. The number of nitrogens with zero attached hydrogens (tertiary/aromatic N) is 2. The average molecular weight is 591 g/mol. The number of carbonyl (C=O) groups is 5. The van der Waals surface area contributed by atoms with Gasteiger partial charge < -0.3 is 30.3 Å². The molecular formula is C32H38N4O7. The van der Waals surface area contributed by atoms with E-state index in [4.69, 9.17) is 15.2 Å². The van der Waals surface area contributed by atoms with Crippen LogP contribution in [0.4, 0.5) is 5.69 Å². The maximum Gasteiger partial charge on any atom is 0.325 e. The predicted molar refractivity (Wildman–Crippen MR) is 160 cm³/mol. The van der Waals surface area contributed by atoms with Gasteiger partial charge in [-0.3, -0.25) is 24.0 Å². The molecule has 1 heterocycles. The van der Waals surface area contributed by atoms with E-state index < -0.39 is 41.4 Å². The minimum Gasteiger partial charge on any atom is -0.466 e. The lowest BCUT2D eigenvalue weighted by atomic mass is 10.1. The van der Waals surface area contributed by atoms with Gasteiger partial charge in [-0.25, -0.2) is 0 Å². The Labute approximate surface area is 251 Å². The third kappa shape index (κ3) is 9.41. The Hall–Kier alpha value is -4.69. The molecule has 43 heavy (non-hydrogen) atoms. The number of hydrogen-bond donors (Lipinski definition) is 2. The Morgan fingerprint density at radius 3 is 2.44 bits per heavy atom. The van der Waals surface area contributed by atoms with E-state index in [1.54, 1.807) is 46.8 Å². The van der Waals surface area contributed by atoms with Crippen molar-refractivity contribution in [3.63, 3.8) is 0 Å². The fourth-order valence-corrected chi connectivity index (χ4v) is 4.32. The molecule has 11 heteroatoms. The topological polar surface area (TPSA) is 148 Å². The number of fused-ring (bicyclic) bond motifs is 1. The van der Waals surface area contributed by atoms with Crippen LogP contribution in [0, 0.1) is 11.8 Å². The summed E-state index contributed by atoms with van der Waals surface area (Å²) in [5.41, 5.74) is 6.91. The summed E-state index contributed by atoms with van der Waals surface area (Å²) in [5, 5.41) is 2.48. The van der Waals surface area contributed by atoms with Crippen molar-refractivity contribution in [1.29, 1.82) is 0 Å². The average Bonchev–Trinajstić information content (AvgIpc) is 3.04. The number of amides is 3. The van der Waals surface area contributed by atoms with Crippen LogP contribution in [-0.2, 0) is 35.2 Å². The fraction of sp³-hybridized carbons (Fsp3) is 0.406. The molecule has 3 N–H and O–H groups in total. The molecule has 0 spiro atoms. The normalized spacial score (nSPS) is 14.5. The molecule has 0 bridgehead atoms. The second kappa shape index (κ2) is 14.5. The van der Waals surface area contributed by atoms with Crippen LogP contribution in [0.15, 0.2) is 48.5 Å². The van der Waals surface area contributed by atoms with Crippen molar-refractivity contribution < 1.29 is 33.4 Å². The third-order valence-corrected chi connectivity index (χ3v) is 6.38. The molecule has 1 aliphatic heterocycles. The van der Waals surface area contributed by atoms with Gasteiger partial charge in [0.2, 0.25) is 5.91 Å². The summed E-state index contributed by atoms with van der Waals surface area (Å²) in [5.74, 6) is 2.60. The first kappa shape index (κ1) is 32.8. The Morgan fingerprint density at radius 2 is 1.79 bits per heavy atom. The van der Waals surface area contributed by atoms with Gasteiger partial charge in [-0.05, 0) is 58.4 Å². The highest BCUT2D eigenvalue weighted by Crippen LogP contribution is 2.29. The molecule has 228 valence electrons. The zero-order valence-corrected chi connectivity index (χ0v) is 25.1. The highest BCUT2D eigenvalue weighted by molar-refractivity contribution is 6.10. The van der Waals surface area contributed by atoms with Gasteiger partial charge in [0.15, 0.2) is 0 Å². The number of esters is 2. The minimum absolute atomic E-state index is 0.0774. The van der Waals surface area contributed by atoms with Gasteiger partial charge in [0.25, 0.3) is 11.8 Å². The first-order valence-corrected chi connectivity index (χ1v) is 14.0. The van der Waals surface area contributed by atoms with Crippen LogP contribution in [0.5, 0.6) is 0 Å². The zero-order chi connectivity index (χ0) is 31.7. The monoisotopic (exact) mass is 590 g/mol. The summed E-state index contributed by atoms with van der Waals surface area (Å²) in [6.07, 6.45) is -0.0774. The van der Waals surface area contributed by atoms with Crippen LogP contribution in [0.1, 0.15) is 62.5 Å². The minimum atomic E-state index is -1.06. The first-order valence-electron chi connectivity index (χ1n) is 14.0. The highest BCUT2D eigenvalue weighted by Gasteiger charge is 2.35. The van der Waals surface area contributed by atoms with Crippen molar-refractivity contribution in [2.75, 3.05) is 24.6 Å². The summed E-state index contributed by atoms with van der Waals surface area (Å²) < 4.78 is 10.3. The van der Waals surface area contributed by atoms with Crippen molar-refractivity contribution >= 4 is 35.3 Å². The van der Waals surface area contributed by atoms with Crippen molar-refractivity contribution in [3.05, 3.63) is 65.2 Å². The van der Waals surface area contributed by atoms with Crippen molar-refractivity contribution in [2.45, 2.75) is 65.3 Å². The van der Waals surface area contributed by atoms with Gasteiger partial charge in [-0.1, -0.05) is 36.3 Å². The Morgan fingerprint density at radius 1 is 1.09 bits per heavy atom. The molecule has 2 aromatic carbocycles. The molecule has 0 radical (unpaired) electrons. The number of nitrogens with one attached hydrogen (secondary N) is 1. The lowest BCUT2D eigenvalue weighted by Crippen LogP contribution is -2.45. The Balaban J connectivity index is 1.87. The van der Waals surface area contributed by atoms with Gasteiger partial charge in [0.1, 0.15) is 18.2 Å². The largest absolute Gasteiger partial charge is 0.466 e. The van der Waals surface area contributed by atoms with Crippen LogP contribution < -0.4 is 16.0 Å². The number of anilines is 1. The molecule has 2 atom stereocenters. The lowest BCUT2D eigenvalue weighted by molar-refractivity contribution is -0.156. The van der Waals surface area contributed by atoms with Crippen molar-refractivity contribution in [3.8, 4) is 11.8 Å². The number of hydrogen-bond acceptors (Lipinski definition) is 8. The molecule has 2 unspecified atom stereocenters. The van der Waals surface area contributed by atoms with Gasteiger partial charge in [-0.2, -0.15) is 0 Å². The molecule has 0 fully saturated rings. The van der Waals surface area contributed by atoms with E-state index in [2.05, 4.69) is 17.2 Å². The lowest BCUT2D eigenvalue weighted by Gasteiger charge is -2.27. The summed E-state index contributed by atoms with van der Waals surface area (Å²) >= 11 is 0. The number of rotatable bonds is 9. The van der Waals surface area contributed by atoms with E-state index in [9.17, 15) is 24.0 Å². The summed E-state index contributed by atoms with van der Waals surface area (Å²) in [7, 11) is 0. The zero-order valence-electron chi connectivity index (χ0n) is 25.1. The second-order valence-electron chi connectivity index (χ2n) is 11.1. The molecule has 1 aliphatic rings. The quantitative estimate of drug-likeness (QED) is 0.334. The van der Waals surface area contributed by atoms with Crippen LogP contribution in [0.3, 0.4) is 0 Å². The van der Waals surface area contributed by atoms with E-state index in [1.165, 1.54) is 15.9 Å². The maximum atomic E-state index is 13.8. The predicted octanol–water partition coefficient (Wildman–Crippen LogP) is 2.15. The van der Waals surface area contributed by atoms with Gasteiger partial charge >= 0.3 is 11.9 Å². The molecule has 11 nitrogen and oxygen atoms in total. The molecule has 0 saturated heterocycles. The molecule has 2 aromatic rings. The number of benzene rings is 2. The van der Waals surface area contributed by atoms with Crippen LogP contribution >= 0.6 is 0 Å². The summed E-state index contributed by atoms with van der Waals surface area (Å²) in [6.45, 7) is 8.54. The summed E-state index contributed by atoms with van der Waals surface area (Å²) in [6, 6.07) is 12.4. The van der Waals surface area contributed by atoms with Crippen LogP contribution in [0.25, 0.3) is 0 Å². The molecule has 0 aliphatic carbocycles. The molecule has 3 rings (SSSR count). The van der Waals surface area contributed by atoms with Crippen LogP contribution in [-0.4, -0.2) is 71.9 Å². The maximum absolute atomic E-state index is 13.8. The highest BCUT2D eigenvalue weighted by atomic mass is 16.6. The van der Waals surface area contributed by atoms with Gasteiger partial charge in [-0.15, -0.1) is 0 Å². The Bertz CT molecular complexity index is 1420. The SMILES string of the molecule is CCOC(=O)CC(C)N1CC(=O)N(Cc2ccccc2)c2ccc(C#CC(=O)NCC(N)C(=O)OC(C)(C)C)cc2C1=O. The van der Waals surface area contributed by atoms with E-state index in [0.29, 0.717) is 11.3 Å². The van der Waals surface area contributed by atoms with Gasteiger partial charge in [0.05, 0.1) is 30.8 Å². The fourth-order valence-electron chi connectivity index (χ4n) is 4.32. The van der Waals surface area contributed by atoms with E-state index in [0.717, 1.165) is 5.56 Å². The van der Waals surface area contributed by atoms with E-state index >= 15 is 0 Å².